The summed E-state index contributed by atoms with van der Waals surface area (Å²) < 4.78 is 0.868. The lowest BCUT2D eigenvalue weighted by Gasteiger charge is -2.00. The van der Waals surface area contributed by atoms with Gasteiger partial charge >= 0.3 is 0 Å². The normalized spacial score (nSPS) is 10.1. The van der Waals surface area contributed by atoms with Gasteiger partial charge in [-0.05, 0) is 24.3 Å². The zero-order valence-corrected chi connectivity index (χ0v) is 10.5. The van der Waals surface area contributed by atoms with E-state index in [0.717, 1.165) is 4.47 Å². The second-order valence-electron chi connectivity index (χ2n) is 3.20. The van der Waals surface area contributed by atoms with Gasteiger partial charge < -0.3 is 0 Å². The first-order valence-electron chi connectivity index (χ1n) is 4.58. The Bertz CT molecular complexity index is 525. The van der Waals surface area contributed by atoms with Gasteiger partial charge in [0.2, 0.25) is 5.78 Å². The zero-order chi connectivity index (χ0) is 11.5. The Morgan fingerprint density at radius 1 is 1.25 bits per heavy atom. The lowest BCUT2D eigenvalue weighted by atomic mass is 10.1. The Hall–Kier alpha value is -1.19. The molecule has 0 aliphatic carbocycles. The van der Waals surface area contributed by atoms with Gasteiger partial charge in [0.05, 0.1) is 5.02 Å². The van der Waals surface area contributed by atoms with Crippen molar-refractivity contribution in [2.45, 2.75) is 0 Å². The molecule has 0 amide bonds. The summed E-state index contributed by atoms with van der Waals surface area (Å²) in [5.41, 5.74) is 0.992. The SMILES string of the molecule is O=C(c1cccc(Br)c1)c1ccc(Cl)cn1. The van der Waals surface area contributed by atoms with Crippen molar-refractivity contribution < 1.29 is 4.79 Å². The average Bonchev–Trinajstić information content (AvgIpc) is 2.29. The van der Waals surface area contributed by atoms with Crippen LogP contribution >= 0.6 is 27.5 Å². The minimum atomic E-state index is -0.113. The van der Waals surface area contributed by atoms with Crippen LogP contribution in [0.15, 0.2) is 47.1 Å². The van der Waals surface area contributed by atoms with Crippen LogP contribution in [0.5, 0.6) is 0 Å². The fraction of sp³-hybridized carbons (Fsp3) is 0. The van der Waals surface area contributed by atoms with E-state index in [0.29, 0.717) is 16.3 Å². The number of ketones is 1. The highest BCUT2D eigenvalue weighted by atomic mass is 79.9. The first-order valence-corrected chi connectivity index (χ1v) is 5.76. The monoisotopic (exact) mass is 295 g/mol. The van der Waals surface area contributed by atoms with Crippen LogP contribution in [-0.2, 0) is 0 Å². The molecule has 0 N–H and O–H groups in total. The summed E-state index contributed by atoms with van der Waals surface area (Å²) in [4.78, 5) is 16.0. The molecule has 0 saturated heterocycles. The Morgan fingerprint density at radius 2 is 2.06 bits per heavy atom. The maximum Gasteiger partial charge on any atom is 0.211 e. The van der Waals surface area contributed by atoms with E-state index in [1.54, 1.807) is 24.3 Å². The molecule has 0 aliphatic rings. The number of pyridine rings is 1. The van der Waals surface area contributed by atoms with E-state index in [9.17, 15) is 4.79 Å². The molecule has 0 radical (unpaired) electrons. The Balaban J connectivity index is 2.35. The van der Waals surface area contributed by atoms with Crippen LogP contribution in [0.4, 0.5) is 0 Å². The summed E-state index contributed by atoms with van der Waals surface area (Å²) in [6.45, 7) is 0. The van der Waals surface area contributed by atoms with Gasteiger partial charge in [0.25, 0.3) is 0 Å². The van der Waals surface area contributed by atoms with Crippen LogP contribution in [0.1, 0.15) is 16.1 Å². The molecule has 2 nitrogen and oxygen atoms in total. The Morgan fingerprint density at radius 3 is 2.69 bits per heavy atom. The van der Waals surface area contributed by atoms with Crippen molar-refractivity contribution in [2.75, 3.05) is 0 Å². The number of benzene rings is 1. The molecule has 0 atom stereocenters. The molecular formula is C12H7BrClNO. The fourth-order valence-corrected chi connectivity index (χ4v) is 1.80. The first-order chi connectivity index (χ1) is 7.66. The molecule has 2 rings (SSSR count). The molecule has 0 spiro atoms. The maximum absolute atomic E-state index is 12.0. The fourth-order valence-electron chi connectivity index (χ4n) is 1.29. The van der Waals surface area contributed by atoms with Crippen LogP contribution in [-0.4, -0.2) is 10.8 Å². The highest BCUT2D eigenvalue weighted by Gasteiger charge is 2.10. The maximum atomic E-state index is 12.0. The summed E-state index contributed by atoms with van der Waals surface area (Å²) in [6.07, 6.45) is 1.47. The second kappa shape index (κ2) is 4.76. The van der Waals surface area contributed by atoms with Gasteiger partial charge in [0, 0.05) is 16.2 Å². The van der Waals surface area contributed by atoms with Crippen LogP contribution in [0.3, 0.4) is 0 Å². The molecule has 80 valence electrons. The second-order valence-corrected chi connectivity index (χ2v) is 4.55. The molecular weight excluding hydrogens is 289 g/mol. The minimum Gasteiger partial charge on any atom is -0.287 e. The minimum absolute atomic E-state index is 0.113. The quantitative estimate of drug-likeness (QED) is 0.790. The zero-order valence-electron chi connectivity index (χ0n) is 8.15. The van der Waals surface area contributed by atoms with Crippen molar-refractivity contribution in [2.24, 2.45) is 0 Å². The molecule has 4 heteroatoms. The molecule has 0 fully saturated rings. The van der Waals surface area contributed by atoms with E-state index in [-0.39, 0.29) is 5.78 Å². The summed E-state index contributed by atoms with van der Waals surface area (Å²) in [6, 6.07) is 10.5. The Labute approximate surface area is 106 Å². The number of carbonyl (C=O) groups excluding carboxylic acids is 1. The van der Waals surface area contributed by atoms with Crippen molar-refractivity contribution in [3.8, 4) is 0 Å². The van der Waals surface area contributed by atoms with Gasteiger partial charge in [-0.1, -0.05) is 39.7 Å². The van der Waals surface area contributed by atoms with Crippen LogP contribution < -0.4 is 0 Å². The van der Waals surface area contributed by atoms with Crippen molar-refractivity contribution in [3.63, 3.8) is 0 Å². The number of carbonyl (C=O) groups is 1. The third-order valence-electron chi connectivity index (χ3n) is 2.05. The lowest BCUT2D eigenvalue weighted by Crippen LogP contribution is -2.03. The smallest absolute Gasteiger partial charge is 0.211 e. The Kier molecular flexibility index (Phi) is 3.36. The predicted octanol–water partition coefficient (Wildman–Crippen LogP) is 3.73. The molecule has 2 aromatic rings. The third-order valence-corrected chi connectivity index (χ3v) is 2.76. The molecule has 0 saturated carbocycles. The number of aromatic nitrogens is 1. The number of hydrogen-bond acceptors (Lipinski definition) is 2. The van der Waals surface area contributed by atoms with Gasteiger partial charge in [0.1, 0.15) is 5.69 Å². The number of rotatable bonds is 2. The van der Waals surface area contributed by atoms with E-state index >= 15 is 0 Å². The van der Waals surface area contributed by atoms with Crippen molar-refractivity contribution in [1.82, 2.24) is 4.98 Å². The number of hydrogen-bond donors (Lipinski definition) is 0. The lowest BCUT2D eigenvalue weighted by molar-refractivity contribution is 0.103. The van der Waals surface area contributed by atoms with Gasteiger partial charge in [0.15, 0.2) is 0 Å². The highest BCUT2D eigenvalue weighted by molar-refractivity contribution is 9.10. The largest absolute Gasteiger partial charge is 0.287 e. The van der Waals surface area contributed by atoms with E-state index in [1.165, 1.54) is 6.20 Å². The topological polar surface area (TPSA) is 30.0 Å². The van der Waals surface area contributed by atoms with E-state index < -0.39 is 0 Å². The third kappa shape index (κ3) is 2.49. The summed E-state index contributed by atoms with van der Waals surface area (Å²) in [7, 11) is 0. The van der Waals surface area contributed by atoms with Gasteiger partial charge in [-0.25, -0.2) is 0 Å². The first kappa shape index (κ1) is 11.3. The van der Waals surface area contributed by atoms with E-state index in [2.05, 4.69) is 20.9 Å². The van der Waals surface area contributed by atoms with Crippen LogP contribution in [0.2, 0.25) is 5.02 Å². The average molecular weight is 297 g/mol. The molecule has 16 heavy (non-hydrogen) atoms. The van der Waals surface area contributed by atoms with Crippen molar-refractivity contribution in [3.05, 3.63) is 63.3 Å². The van der Waals surface area contributed by atoms with Crippen molar-refractivity contribution >= 4 is 33.3 Å². The van der Waals surface area contributed by atoms with Crippen LogP contribution in [0, 0.1) is 0 Å². The van der Waals surface area contributed by atoms with Crippen molar-refractivity contribution in [1.29, 1.82) is 0 Å². The molecule has 1 aromatic carbocycles. The highest BCUT2D eigenvalue weighted by Crippen LogP contribution is 2.15. The number of nitrogens with zero attached hydrogens (tertiary/aromatic N) is 1. The van der Waals surface area contributed by atoms with Gasteiger partial charge in [-0.3, -0.25) is 9.78 Å². The molecule has 0 bridgehead atoms. The summed E-state index contributed by atoms with van der Waals surface area (Å²) in [5, 5.41) is 0.519. The van der Waals surface area contributed by atoms with Crippen LogP contribution in [0.25, 0.3) is 0 Å². The standard InChI is InChI=1S/C12H7BrClNO/c13-9-3-1-2-8(6-9)12(16)11-5-4-10(14)7-15-11/h1-7H. The predicted molar refractivity (Wildman–Crippen MR) is 66.8 cm³/mol. The van der Waals surface area contributed by atoms with Gasteiger partial charge in [-0.15, -0.1) is 0 Å². The molecule has 1 aromatic heterocycles. The number of halogens is 2. The molecule has 1 heterocycles. The summed E-state index contributed by atoms with van der Waals surface area (Å²) >= 11 is 9.03. The molecule has 0 unspecified atom stereocenters. The van der Waals surface area contributed by atoms with E-state index in [1.807, 2.05) is 12.1 Å². The molecule has 0 aliphatic heterocycles. The summed E-state index contributed by atoms with van der Waals surface area (Å²) in [5.74, 6) is -0.113. The van der Waals surface area contributed by atoms with Gasteiger partial charge in [-0.2, -0.15) is 0 Å². The van der Waals surface area contributed by atoms with E-state index in [4.69, 9.17) is 11.6 Å².